The van der Waals surface area contributed by atoms with Gasteiger partial charge in [-0.25, -0.2) is 0 Å². The lowest BCUT2D eigenvalue weighted by molar-refractivity contribution is 0.174. The summed E-state index contributed by atoms with van der Waals surface area (Å²) in [5.74, 6) is 2.32. The number of nitrogens with two attached hydrogens (primary N) is 1. The molecule has 2 unspecified atom stereocenters. The van der Waals surface area contributed by atoms with Crippen molar-refractivity contribution in [1.29, 1.82) is 0 Å². The van der Waals surface area contributed by atoms with Crippen molar-refractivity contribution in [2.75, 3.05) is 13.3 Å². The molecule has 2 atom stereocenters. The molecule has 1 aromatic heterocycles. The topological polar surface area (TPSA) is 73.2 Å². The Morgan fingerprint density at radius 1 is 1.12 bits per heavy atom. The highest BCUT2D eigenvalue weighted by Gasteiger charge is 2.19. The van der Waals surface area contributed by atoms with Gasteiger partial charge >= 0.3 is 0 Å². The standard InChI is InChI=1S/C20H23N3O2/c1-12(14-4-6-18-19(8-14)25-11-24-18)7-15-3-5-17-16(10-22-23-17)20(15)13(2)9-21/h3-6,8,10,12-13H,7,9,11,21H2,1-2H3,(H,22,23). The molecule has 0 saturated carbocycles. The zero-order valence-corrected chi connectivity index (χ0v) is 14.6. The summed E-state index contributed by atoms with van der Waals surface area (Å²) < 4.78 is 10.9. The summed E-state index contributed by atoms with van der Waals surface area (Å²) in [6, 6.07) is 10.5. The van der Waals surface area contributed by atoms with Crippen LogP contribution >= 0.6 is 0 Å². The summed E-state index contributed by atoms with van der Waals surface area (Å²) in [5.41, 5.74) is 10.9. The molecule has 3 N–H and O–H groups in total. The first-order valence-corrected chi connectivity index (χ1v) is 8.72. The van der Waals surface area contributed by atoms with E-state index in [-0.39, 0.29) is 0 Å². The average molecular weight is 337 g/mol. The van der Waals surface area contributed by atoms with Crippen molar-refractivity contribution in [2.45, 2.75) is 32.1 Å². The number of nitrogens with zero attached hydrogens (tertiary/aromatic N) is 1. The maximum absolute atomic E-state index is 5.98. The molecular formula is C20H23N3O2. The van der Waals surface area contributed by atoms with Crippen LogP contribution in [0.25, 0.3) is 10.9 Å². The van der Waals surface area contributed by atoms with Gasteiger partial charge in [0.25, 0.3) is 0 Å². The van der Waals surface area contributed by atoms with Crippen molar-refractivity contribution in [3.8, 4) is 11.5 Å². The Balaban J connectivity index is 1.68. The van der Waals surface area contributed by atoms with Crippen LogP contribution in [-0.2, 0) is 6.42 Å². The molecule has 0 fully saturated rings. The fourth-order valence-corrected chi connectivity index (χ4v) is 3.63. The molecule has 2 aromatic carbocycles. The summed E-state index contributed by atoms with van der Waals surface area (Å²) in [7, 11) is 0. The number of aromatic amines is 1. The van der Waals surface area contributed by atoms with E-state index in [4.69, 9.17) is 15.2 Å². The molecule has 25 heavy (non-hydrogen) atoms. The van der Waals surface area contributed by atoms with Gasteiger partial charge in [0.2, 0.25) is 6.79 Å². The molecule has 0 radical (unpaired) electrons. The number of aromatic nitrogens is 2. The lowest BCUT2D eigenvalue weighted by atomic mass is 9.86. The molecule has 5 heteroatoms. The molecule has 2 heterocycles. The predicted octanol–water partition coefficient (Wildman–Crippen LogP) is 3.70. The number of benzene rings is 2. The van der Waals surface area contributed by atoms with Crippen LogP contribution in [0.3, 0.4) is 0 Å². The van der Waals surface area contributed by atoms with E-state index in [9.17, 15) is 0 Å². The first-order valence-electron chi connectivity index (χ1n) is 8.72. The highest BCUT2D eigenvalue weighted by Crippen LogP contribution is 2.36. The van der Waals surface area contributed by atoms with Crippen LogP contribution in [-0.4, -0.2) is 23.5 Å². The normalized spacial score (nSPS) is 15.5. The third-order valence-corrected chi connectivity index (χ3v) is 5.09. The number of rotatable bonds is 5. The maximum Gasteiger partial charge on any atom is 0.231 e. The van der Waals surface area contributed by atoms with E-state index in [1.54, 1.807) is 0 Å². The molecule has 5 nitrogen and oxygen atoms in total. The van der Waals surface area contributed by atoms with Crippen LogP contribution in [0.4, 0.5) is 0 Å². The summed E-state index contributed by atoms with van der Waals surface area (Å²) in [4.78, 5) is 0. The number of ether oxygens (including phenoxy) is 2. The number of nitrogens with one attached hydrogen (secondary N) is 1. The van der Waals surface area contributed by atoms with E-state index in [0.717, 1.165) is 23.4 Å². The van der Waals surface area contributed by atoms with Gasteiger partial charge in [-0.2, -0.15) is 5.10 Å². The minimum Gasteiger partial charge on any atom is -0.454 e. The minimum absolute atomic E-state index is 0.292. The van der Waals surface area contributed by atoms with Gasteiger partial charge in [0.1, 0.15) is 0 Å². The Hall–Kier alpha value is -2.53. The molecule has 0 spiro atoms. The summed E-state index contributed by atoms with van der Waals surface area (Å²) >= 11 is 0. The zero-order chi connectivity index (χ0) is 17.4. The minimum atomic E-state index is 0.292. The van der Waals surface area contributed by atoms with Gasteiger partial charge in [-0.15, -0.1) is 0 Å². The van der Waals surface area contributed by atoms with Gasteiger partial charge in [0.15, 0.2) is 11.5 Å². The SMILES string of the molecule is CC(Cc1ccc2[nH]ncc2c1C(C)CN)c1ccc2c(c1)OCO2. The van der Waals surface area contributed by atoms with E-state index in [2.05, 4.69) is 48.3 Å². The van der Waals surface area contributed by atoms with Gasteiger partial charge < -0.3 is 15.2 Å². The van der Waals surface area contributed by atoms with Crippen molar-refractivity contribution in [3.05, 3.63) is 53.2 Å². The summed E-state index contributed by atoms with van der Waals surface area (Å²) in [6.45, 7) is 5.35. The van der Waals surface area contributed by atoms with Gasteiger partial charge in [-0.1, -0.05) is 26.0 Å². The fraction of sp³-hybridized carbons (Fsp3) is 0.350. The molecule has 3 aromatic rings. The van der Waals surface area contributed by atoms with E-state index < -0.39 is 0 Å². The average Bonchev–Trinajstić information content (AvgIpc) is 3.28. The second kappa shape index (κ2) is 6.41. The Kier molecular flexibility index (Phi) is 4.09. The molecule has 0 aliphatic carbocycles. The first kappa shape index (κ1) is 16.0. The van der Waals surface area contributed by atoms with Crippen LogP contribution in [0.15, 0.2) is 36.5 Å². The first-order chi connectivity index (χ1) is 12.2. The van der Waals surface area contributed by atoms with Crippen LogP contribution in [0.2, 0.25) is 0 Å². The van der Waals surface area contributed by atoms with Crippen molar-refractivity contribution >= 4 is 10.9 Å². The zero-order valence-electron chi connectivity index (χ0n) is 14.6. The molecule has 0 amide bonds. The second-order valence-electron chi connectivity index (χ2n) is 6.82. The van der Waals surface area contributed by atoms with Gasteiger partial charge in [0.05, 0.1) is 11.7 Å². The third kappa shape index (κ3) is 2.85. The van der Waals surface area contributed by atoms with Gasteiger partial charge in [-0.05, 0) is 59.7 Å². The van der Waals surface area contributed by atoms with Crippen LogP contribution in [0, 0.1) is 0 Å². The number of hydrogen-bond acceptors (Lipinski definition) is 4. The number of H-pyrrole nitrogens is 1. The largest absolute Gasteiger partial charge is 0.454 e. The quantitative estimate of drug-likeness (QED) is 0.744. The number of fused-ring (bicyclic) bond motifs is 2. The predicted molar refractivity (Wildman–Crippen MR) is 98.2 cm³/mol. The number of hydrogen-bond donors (Lipinski definition) is 2. The molecule has 1 aliphatic rings. The van der Waals surface area contributed by atoms with E-state index in [1.165, 1.54) is 22.1 Å². The third-order valence-electron chi connectivity index (χ3n) is 5.09. The van der Waals surface area contributed by atoms with Gasteiger partial charge in [0, 0.05) is 5.39 Å². The molecular weight excluding hydrogens is 314 g/mol. The maximum atomic E-state index is 5.98. The van der Waals surface area contributed by atoms with Crippen molar-refractivity contribution in [3.63, 3.8) is 0 Å². The summed E-state index contributed by atoms with van der Waals surface area (Å²) in [5, 5.41) is 8.43. The van der Waals surface area contributed by atoms with Crippen molar-refractivity contribution < 1.29 is 9.47 Å². The molecule has 1 aliphatic heterocycles. The van der Waals surface area contributed by atoms with E-state index in [0.29, 0.717) is 25.2 Å². The Morgan fingerprint density at radius 2 is 1.96 bits per heavy atom. The Morgan fingerprint density at radius 3 is 2.80 bits per heavy atom. The van der Waals surface area contributed by atoms with Crippen LogP contribution in [0.5, 0.6) is 11.5 Å². The van der Waals surface area contributed by atoms with Crippen LogP contribution in [0.1, 0.15) is 42.4 Å². The summed E-state index contributed by atoms with van der Waals surface area (Å²) in [6.07, 6.45) is 2.85. The lowest BCUT2D eigenvalue weighted by Crippen LogP contribution is -2.12. The highest BCUT2D eigenvalue weighted by atomic mass is 16.7. The molecule has 0 saturated heterocycles. The smallest absolute Gasteiger partial charge is 0.231 e. The molecule has 4 rings (SSSR count). The second-order valence-corrected chi connectivity index (χ2v) is 6.82. The lowest BCUT2D eigenvalue weighted by Gasteiger charge is -2.19. The van der Waals surface area contributed by atoms with Crippen LogP contribution < -0.4 is 15.2 Å². The van der Waals surface area contributed by atoms with E-state index >= 15 is 0 Å². The monoisotopic (exact) mass is 337 g/mol. The van der Waals surface area contributed by atoms with Gasteiger partial charge in [-0.3, -0.25) is 5.10 Å². The van der Waals surface area contributed by atoms with Crippen molar-refractivity contribution in [2.24, 2.45) is 5.73 Å². The Labute approximate surface area is 147 Å². The highest BCUT2D eigenvalue weighted by molar-refractivity contribution is 5.83. The Bertz CT molecular complexity index is 903. The van der Waals surface area contributed by atoms with E-state index in [1.807, 2.05) is 12.3 Å². The van der Waals surface area contributed by atoms with Crippen molar-refractivity contribution in [1.82, 2.24) is 10.2 Å². The fourth-order valence-electron chi connectivity index (χ4n) is 3.63. The molecule has 0 bridgehead atoms. The molecule has 130 valence electrons.